The van der Waals surface area contributed by atoms with E-state index in [2.05, 4.69) is 15.0 Å². The van der Waals surface area contributed by atoms with E-state index in [0.717, 1.165) is 28.7 Å². The molecule has 4 nitrogen and oxygen atoms in total. The lowest BCUT2D eigenvalue weighted by Crippen LogP contribution is -2.11. The number of hydrogen-bond acceptors (Lipinski definition) is 4. The van der Waals surface area contributed by atoms with Gasteiger partial charge in [0.25, 0.3) is 0 Å². The minimum Gasteiger partial charge on any atom is -0.368 e. The van der Waals surface area contributed by atoms with Crippen molar-refractivity contribution >= 4 is 28.6 Å². The van der Waals surface area contributed by atoms with E-state index in [1.54, 1.807) is 0 Å². The molecular formula is C13H9F3N4S. The smallest absolute Gasteiger partial charge is 0.368 e. The molecule has 2 aromatic heterocycles. The summed E-state index contributed by atoms with van der Waals surface area (Å²) in [6, 6.07) is 10.3. The Hall–Kier alpha value is -2.22. The molecule has 0 amide bonds. The summed E-state index contributed by atoms with van der Waals surface area (Å²) in [4.78, 5) is 10.1. The van der Waals surface area contributed by atoms with Crippen molar-refractivity contribution in [2.24, 2.45) is 0 Å². The fraction of sp³-hybridized carbons (Fsp3) is 0.0769. The number of nitrogens with two attached hydrogens (primary N) is 1. The van der Waals surface area contributed by atoms with Gasteiger partial charge in [-0.2, -0.15) is 13.2 Å². The number of nitrogens with zero attached hydrogens (tertiary/aromatic N) is 2. The predicted octanol–water partition coefficient (Wildman–Crippen LogP) is 3.71. The normalized spacial score (nSPS) is 12.0. The lowest BCUT2D eigenvalue weighted by molar-refractivity contribution is -0.141. The molecular weight excluding hydrogens is 301 g/mol. The minimum atomic E-state index is -4.55. The molecule has 0 radical (unpaired) electrons. The number of aromatic amines is 1. The quantitative estimate of drug-likeness (QED) is 0.708. The van der Waals surface area contributed by atoms with Crippen molar-refractivity contribution in [1.29, 1.82) is 0 Å². The average molecular weight is 310 g/mol. The van der Waals surface area contributed by atoms with Gasteiger partial charge in [-0.05, 0) is 12.1 Å². The van der Waals surface area contributed by atoms with Crippen LogP contribution in [-0.2, 0) is 6.18 Å². The number of H-pyrrole nitrogens is 1. The van der Waals surface area contributed by atoms with Crippen molar-refractivity contribution < 1.29 is 13.2 Å². The standard InChI is InChI=1S/C13H9F3N4S/c14-13(15,16)9-6-11(20-12(17)19-9)21-10-5-7-3-1-2-4-8(7)18-10/h1-6,18H,(H2,17,19,20). The molecule has 0 spiro atoms. The molecule has 0 unspecified atom stereocenters. The highest BCUT2D eigenvalue weighted by Crippen LogP contribution is 2.33. The molecule has 8 heteroatoms. The first kappa shape index (κ1) is 13.7. The van der Waals surface area contributed by atoms with E-state index in [1.807, 2.05) is 30.3 Å². The first-order valence-corrected chi connectivity index (χ1v) is 6.71. The van der Waals surface area contributed by atoms with Gasteiger partial charge in [0, 0.05) is 17.0 Å². The van der Waals surface area contributed by atoms with E-state index in [4.69, 9.17) is 5.73 Å². The molecule has 0 fully saturated rings. The van der Waals surface area contributed by atoms with Crippen molar-refractivity contribution in [2.75, 3.05) is 5.73 Å². The maximum Gasteiger partial charge on any atom is 0.433 e. The van der Waals surface area contributed by atoms with E-state index >= 15 is 0 Å². The average Bonchev–Trinajstić information content (AvgIpc) is 2.79. The summed E-state index contributed by atoms with van der Waals surface area (Å²) in [5.74, 6) is -0.400. The van der Waals surface area contributed by atoms with Crippen LogP contribution in [0, 0.1) is 0 Å². The summed E-state index contributed by atoms with van der Waals surface area (Å²) in [5.41, 5.74) is 5.19. The van der Waals surface area contributed by atoms with Gasteiger partial charge in [0.1, 0.15) is 5.03 Å². The fourth-order valence-electron chi connectivity index (χ4n) is 1.85. The molecule has 0 atom stereocenters. The van der Waals surface area contributed by atoms with Crippen molar-refractivity contribution in [3.8, 4) is 0 Å². The lowest BCUT2D eigenvalue weighted by Gasteiger charge is -2.07. The highest BCUT2D eigenvalue weighted by atomic mass is 32.2. The van der Waals surface area contributed by atoms with Gasteiger partial charge in [-0.3, -0.25) is 0 Å². The summed E-state index contributed by atoms with van der Waals surface area (Å²) in [6.45, 7) is 0. The number of alkyl halides is 3. The Morgan fingerprint density at radius 1 is 1.10 bits per heavy atom. The molecule has 2 heterocycles. The van der Waals surface area contributed by atoms with Crippen LogP contribution in [0.1, 0.15) is 5.69 Å². The Kier molecular flexibility index (Phi) is 3.25. The molecule has 0 aliphatic rings. The molecule has 0 aliphatic heterocycles. The topological polar surface area (TPSA) is 67.6 Å². The second-order valence-corrected chi connectivity index (χ2v) is 5.33. The van der Waals surface area contributed by atoms with Crippen molar-refractivity contribution in [2.45, 2.75) is 16.2 Å². The van der Waals surface area contributed by atoms with Gasteiger partial charge >= 0.3 is 6.18 Å². The summed E-state index contributed by atoms with van der Waals surface area (Å²) >= 11 is 1.07. The molecule has 0 bridgehead atoms. The molecule has 0 saturated heterocycles. The zero-order chi connectivity index (χ0) is 15.0. The minimum absolute atomic E-state index is 0.140. The van der Waals surface area contributed by atoms with Crippen LogP contribution in [0.2, 0.25) is 0 Å². The van der Waals surface area contributed by atoms with Crippen LogP contribution in [0.25, 0.3) is 10.9 Å². The third-order valence-electron chi connectivity index (χ3n) is 2.73. The summed E-state index contributed by atoms with van der Waals surface area (Å²) in [5, 5.41) is 1.79. The highest BCUT2D eigenvalue weighted by Gasteiger charge is 2.33. The second kappa shape index (κ2) is 4.96. The zero-order valence-electron chi connectivity index (χ0n) is 10.5. The third-order valence-corrected chi connectivity index (χ3v) is 3.59. The number of para-hydroxylation sites is 1. The molecule has 3 N–H and O–H groups in total. The summed E-state index contributed by atoms with van der Waals surface area (Å²) in [6.07, 6.45) is -4.55. The molecule has 1 aromatic carbocycles. The van der Waals surface area contributed by atoms with Crippen molar-refractivity contribution in [3.05, 3.63) is 42.1 Å². The Morgan fingerprint density at radius 3 is 2.57 bits per heavy atom. The number of fused-ring (bicyclic) bond motifs is 1. The van der Waals surface area contributed by atoms with Crippen molar-refractivity contribution in [3.63, 3.8) is 0 Å². The van der Waals surface area contributed by atoms with E-state index < -0.39 is 17.8 Å². The first-order valence-electron chi connectivity index (χ1n) is 5.89. The molecule has 108 valence electrons. The Bertz CT molecular complexity index is 764. The van der Waals surface area contributed by atoms with Crippen LogP contribution in [0.3, 0.4) is 0 Å². The van der Waals surface area contributed by atoms with E-state index in [0.29, 0.717) is 5.03 Å². The maximum atomic E-state index is 12.7. The van der Waals surface area contributed by atoms with Crippen LogP contribution in [0.5, 0.6) is 0 Å². The number of nitrogens with one attached hydrogen (secondary N) is 1. The van der Waals surface area contributed by atoms with E-state index in [9.17, 15) is 13.2 Å². The SMILES string of the molecule is Nc1nc(Sc2cc3ccccc3[nH]2)cc(C(F)(F)F)n1. The van der Waals surface area contributed by atoms with Gasteiger partial charge in [0.2, 0.25) is 5.95 Å². The molecule has 0 saturated carbocycles. The fourth-order valence-corrected chi connectivity index (χ4v) is 2.74. The van der Waals surface area contributed by atoms with Crippen LogP contribution < -0.4 is 5.73 Å². The Labute approximate surface area is 121 Å². The van der Waals surface area contributed by atoms with Gasteiger partial charge in [-0.25, -0.2) is 9.97 Å². The van der Waals surface area contributed by atoms with Gasteiger partial charge in [-0.15, -0.1) is 0 Å². The number of nitrogen functional groups attached to an aromatic ring is 1. The third kappa shape index (κ3) is 2.94. The molecule has 3 rings (SSSR count). The number of anilines is 1. The first-order chi connectivity index (χ1) is 9.91. The summed E-state index contributed by atoms with van der Waals surface area (Å²) in [7, 11) is 0. The Morgan fingerprint density at radius 2 is 1.86 bits per heavy atom. The molecule has 21 heavy (non-hydrogen) atoms. The van der Waals surface area contributed by atoms with Crippen molar-refractivity contribution in [1.82, 2.24) is 15.0 Å². The van der Waals surface area contributed by atoms with Crippen LogP contribution in [0.15, 0.2) is 46.5 Å². The monoisotopic (exact) mass is 310 g/mol. The number of aromatic nitrogens is 3. The van der Waals surface area contributed by atoms with E-state index in [-0.39, 0.29) is 5.03 Å². The maximum absolute atomic E-state index is 12.7. The molecule has 0 aliphatic carbocycles. The number of hydrogen-bond donors (Lipinski definition) is 2. The van der Waals surface area contributed by atoms with Crippen LogP contribution in [-0.4, -0.2) is 15.0 Å². The lowest BCUT2D eigenvalue weighted by atomic mass is 10.3. The van der Waals surface area contributed by atoms with Gasteiger partial charge in [-0.1, -0.05) is 30.0 Å². The largest absolute Gasteiger partial charge is 0.433 e. The van der Waals surface area contributed by atoms with Gasteiger partial charge in [0.15, 0.2) is 5.69 Å². The van der Waals surface area contributed by atoms with Crippen LogP contribution >= 0.6 is 11.8 Å². The number of benzene rings is 1. The zero-order valence-corrected chi connectivity index (χ0v) is 11.3. The summed E-state index contributed by atoms with van der Waals surface area (Å²) < 4.78 is 38.1. The number of halogens is 3. The number of rotatable bonds is 2. The second-order valence-electron chi connectivity index (χ2n) is 4.27. The van der Waals surface area contributed by atoms with Gasteiger partial charge in [0.05, 0.1) is 5.03 Å². The molecule has 3 aromatic rings. The van der Waals surface area contributed by atoms with Gasteiger partial charge < -0.3 is 10.7 Å². The van der Waals surface area contributed by atoms with E-state index in [1.165, 1.54) is 0 Å². The highest BCUT2D eigenvalue weighted by molar-refractivity contribution is 7.99. The predicted molar refractivity (Wildman–Crippen MR) is 73.9 cm³/mol. The van der Waals surface area contributed by atoms with Crippen LogP contribution in [0.4, 0.5) is 19.1 Å². The Balaban J connectivity index is 1.95.